The molecule has 0 bridgehead atoms. The van der Waals surface area contributed by atoms with E-state index in [2.05, 4.69) is 10.5 Å². The number of carbonyl (C=O) groups excluding carboxylic acids is 2. The molecule has 6 heteroatoms. The smallest absolute Gasteiger partial charge is 0.343 e. The number of hydrazone groups is 1. The van der Waals surface area contributed by atoms with Gasteiger partial charge in [0, 0.05) is 7.11 Å². The number of hydrogen-bond donors (Lipinski definition) is 1. The molecule has 1 N–H and O–H groups in total. The number of rotatable bonds is 7. The zero-order chi connectivity index (χ0) is 20.5. The summed E-state index contributed by atoms with van der Waals surface area (Å²) in [5.74, 6) is -0.377. The van der Waals surface area contributed by atoms with Crippen molar-refractivity contribution >= 4 is 18.1 Å². The van der Waals surface area contributed by atoms with Gasteiger partial charge in [0.2, 0.25) is 0 Å². The molecule has 0 heterocycles. The van der Waals surface area contributed by atoms with Gasteiger partial charge in [0.25, 0.3) is 5.91 Å². The maximum atomic E-state index is 12.3. The lowest BCUT2D eigenvalue weighted by Crippen LogP contribution is -2.26. The molecule has 146 valence electrons. The number of benzene rings is 3. The van der Waals surface area contributed by atoms with Crippen LogP contribution in [-0.2, 0) is 9.53 Å². The zero-order valence-electron chi connectivity index (χ0n) is 15.8. The zero-order valence-corrected chi connectivity index (χ0v) is 15.8. The average Bonchev–Trinajstić information content (AvgIpc) is 2.77. The van der Waals surface area contributed by atoms with Gasteiger partial charge in [-0.1, -0.05) is 48.5 Å². The largest absolute Gasteiger partial charge is 0.423 e. The van der Waals surface area contributed by atoms with Gasteiger partial charge in [-0.15, -0.1) is 0 Å². The number of nitrogens with zero attached hydrogens (tertiary/aromatic N) is 1. The summed E-state index contributed by atoms with van der Waals surface area (Å²) < 4.78 is 10.6. The Bertz CT molecular complexity index is 971. The Hall–Kier alpha value is -3.77. The molecular formula is C23H20N2O4. The van der Waals surface area contributed by atoms with Gasteiger partial charge in [-0.2, -0.15) is 5.10 Å². The molecule has 0 radical (unpaired) electrons. The lowest BCUT2D eigenvalue weighted by atomic mass is 10.1. The maximum absolute atomic E-state index is 12.3. The van der Waals surface area contributed by atoms with Crippen LogP contribution >= 0.6 is 0 Å². The van der Waals surface area contributed by atoms with Gasteiger partial charge in [-0.25, -0.2) is 10.2 Å². The molecule has 0 saturated heterocycles. The van der Waals surface area contributed by atoms with Crippen molar-refractivity contribution in [3.63, 3.8) is 0 Å². The molecule has 3 aromatic rings. The van der Waals surface area contributed by atoms with Crippen molar-refractivity contribution in [2.45, 2.75) is 6.10 Å². The van der Waals surface area contributed by atoms with Gasteiger partial charge in [-0.05, 0) is 47.5 Å². The quantitative estimate of drug-likeness (QED) is 0.289. The number of ether oxygens (including phenoxy) is 2. The summed E-state index contributed by atoms with van der Waals surface area (Å²) in [5, 5.41) is 3.96. The number of esters is 1. The van der Waals surface area contributed by atoms with Crippen LogP contribution in [0.5, 0.6) is 5.75 Å². The van der Waals surface area contributed by atoms with E-state index >= 15 is 0 Å². The Kier molecular flexibility index (Phi) is 6.86. The molecule has 0 aliphatic rings. The molecule has 0 aromatic heterocycles. The van der Waals surface area contributed by atoms with Crippen LogP contribution < -0.4 is 10.2 Å². The fourth-order valence-corrected chi connectivity index (χ4v) is 2.61. The van der Waals surface area contributed by atoms with E-state index in [1.165, 1.54) is 13.3 Å². The molecule has 6 nitrogen and oxygen atoms in total. The topological polar surface area (TPSA) is 77.0 Å². The molecule has 0 fully saturated rings. The molecule has 0 saturated carbocycles. The van der Waals surface area contributed by atoms with Crippen molar-refractivity contribution in [2.75, 3.05) is 7.11 Å². The summed E-state index contributed by atoms with van der Waals surface area (Å²) in [6.07, 6.45) is 0.756. The van der Waals surface area contributed by atoms with Crippen LogP contribution in [0, 0.1) is 0 Å². The minimum absolute atomic E-state index is 0.372. The van der Waals surface area contributed by atoms with Crippen molar-refractivity contribution in [2.24, 2.45) is 5.10 Å². The molecule has 1 amide bonds. The Balaban J connectivity index is 1.56. The number of amides is 1. The van der Waals surface area contributed by atoms with E-state index < -0.39 is 12.1 Å². The molecule has 0 unspecified atom stereocenters. The van der Waals surface area contributed by atoms with Crippen LogP contribution in [0.2, 0.25) is 0 Å². The number of hydrogen-bond acceptors (Lipinski definition) is 5. The average molecular weight is 388 g/mol. The van der Waals surface area contributed by atoms with Gasteiger partial charge < -0.3 is 9.47 Å². The van der Waals surface area contributed by atoms with Crippen LogP contribution in [0.3, 0.4) is 0 Å². The molecule has 0 aliphatic carbocycles. The molecule has 1 atom stereocenters. The lowest BCUT2D eigenvalue weighted by molar-refractivity contribution is -0.131. The van der Waals surface area contributed by atoms with Crippen LogP contribution in [-0.4, -0.2) is 25.2 Å². The summed E-state index contributed by atoms with van der Waals surface area (Å²) >= 11 is 0. The predicted octanol–water partition coefficient (Wildman–Crippen LogP) is 3.74. The Morgan fingerprint density at radius 1 is 0.897 bits per heavy atom. The first kappa shape index (κ1) is 20.0. The first-order valence-electron chi connectivity index (χ1n) is 8.95. The third-order valence-electron chi connectivity index (χ3n) is 4.06. The highest BCUT2D eigenvalue weighted by atomic mass is 16.5. The van der Waals surface area contributed by atoms with E-state index in [1.807, 2.05) is 36.4 Å². The summed E-state index contributed by atoms with van der Waals surface area (Å²) in [4.78, 5) is 24.3. The van der Waals surface area contributed by atoms with Gasteiger partial charge in [0.05, 0.1) is 11.8 Å². The third kappa shape index (κ3) is 5.60. The minimum atomic E-state index is -0.742. The van der Waals surface area contributed by atoms with Crippen LogP contribution in [0.25, 0.3) is 0 Å². The van der Waals surface area contributed by atoms with E-state index in [-0.39, 0.29) is 5.91 Å². The molecule has 0 aliphatic heterocycles. The molecular weight excluding hydrogens is 368 g/mol. The van der Waals surface area contributed by atoms with Gasteiger partial charge in [-0.3, -0.25) is 4.79 Å². The number of carbonyl (C=O) groups is 2. The molecule has 3 aromatic carbocycles. The van der Waals surface area contributed by atoms with Gasteiger partial charge in [0.15, 0.2) is 6.10 Å². The standard InChI is InChI=1S/C23H20N2O4/c1-28-21(18-8-4-2-5-9-18)22(26)25-24-16-17-12-14-20(15-13-17)29-23(27)19-10-6-3-7-11-19/h2-16,21H,1H3,(H,25,26)/b24-16-/t21-/m0/s1. The second-order valence-electron chi connectivity index (χ2n) is 6.09. The number of methoxy groups -OCH3 is 1. The van der Waals surface area contributed by atoms with E-state index in [9.17, 15) is 9.59 Å². The van der Waals surface area contributed by atoms with E-state index in [0.29, 0.717) is 11.3 Å². The SMILES string of the molecule is CO[C@H](C(=O)N/N=C\c1ccc(OC(=O)c2ccccc2)cc1)c1ccccc1. The molecule has 0 spiro atoms. The maximum Gasteiger partial charge on any atom is 0.343 e. The highest BCUT2D eigenvalue weighted by Crippen LogP contribution is 2.16. The Morgan fingerprint density at radius 2 is 1.52 bits per heavy atom. The molecule has 29 heavy (non-hydrogen) atoms. The summed E-state index contributed by atoms with van der Waals surface area (Å²) in [6.45, 7) is 0. The Morgan fingerprint density at radius 3 is 2.14 bits per heavy atom. The normalized spacial score (nSPS) is 11.8. The summed E-state index contributed by atoms with van der Waals surface area (Å²) in [5.41, 5.74) is 4.43. The third-order valence-corrected chi connectivity index (χ3v) is 4.06. The highest BCUT2D eigenvalue weighted by Gasteiger charge is 2.19. The summed E-state index contributed by atoms with van der Waals surface area (Å²) in [7, 11) is 1.47. The predicted molar refractivity (Wildman–Crippen MR) is 110 cm³/mol. The lowest BCUT2D eigenvalue weighted by Gasteiger charge is -2.13. The van der Waals surface area contributed by atoms with E-state index in [4.69, 9.17) is 9.47 Å². The van der Waals surface area contributed by atoms with Crippen molar-refractivity contribution in [3.05, 3.63) is 102 Å². The van der Waals surface area contributed by atoms with Crippen LogP contribution in [0.4, 0.5) is 0 Å². The van der Waals surface area contributed by atoms with Crippen LogP contribution in [0.1, 0.15) is 27.6 Å². The van der Waals surface area contributed by atoms with E-state index in [1.54, 1.807) is 48.5 Å². The van der Waals surface area contributed by atoms with Crippen LogP contribution in [0.15, 0.2) is 90.0 Å². The van der Waals surface area contributed by atoms with Crippen molar-refractivity contribution in [1.82, 2.24) is 5.43 Å². The van der Waals surface area contributed by atoms with E-state index in [0.717, 1.165) is 11.1 Å². The fraction of sp³-hybridized carbons (Fsp3) is 0.0870. The monoisotopic (exact) mass is 388 g/mol. The first-order valence-corrected chi connectivity index (χ1v) is 8.95. The Labute approximate surface area is 168 Å². The second-order valence-corrected chi connectivity index (χ2v) is 6.09. The van der Waals surface area contributed by atoms with Crippen molar-refractivity contribution < 1.29 is 19.1 Å². The highest BCUT2D eigenvalue weighted by molar-refractivity contribution is 5.91. The second kappa shape index (κ2) is 9.96. The van der Waals surface area contributed by atoms with Crippen molar-refractivity contribution in [3.8, 4) is 5.75 Å². The number of nitrogens with one attached hydrogen (secondary N) is 1. The summed E-state index contributed by atoms with van der Waals surface area (Å²) in [6, 6.07) is 24.7. The van der Waals surface area contributed by atoms with Gasteiger partial charge >= 0.3 is 5.97 Å². The van der Waals surface area contributed by atoms with Gasteiger partial charge in [0.1, 0.15) is 5.75 Å². The fourth-order valence-electron chi connectivity index (χ4n) is 2.61. The first-order chi connectivity index (χ1) is 14.2. The minimum Gasteiger partial charge on any atom is -0.423 e. The van der Waals surface area contributed by atoms with Crippen molar-refractivity contribution in [1.29, 1.82) is 0 Å². The molecule has 3 rings (SSSR count).